The van der Waals surface area contributed by atoms with Crippen molar-refractivity contribution < 1.29 is 0 Å². The Morgan fingerprint density at radius 1 is 1.00 bits per heavy atom. The van der Waals surface area contributed by atoms with Crippen molar-refractivity contribution in [3.8, 4) is 0 Å². The molecule has 0 aromatic rings. The Morgan fingerprint density at radius 3 is 1.73 bits per heavy atom. The summed E-state index contributed by atoms with van der Waals surface area (Å²) in [6.45, 7) is 16.9. The quantitative estimate of drug-likeness (QED) is 0.666. The van der Waals surface area contributed by atoms with Gasteiger partial charge in [-0.15, -0.1) is 0 Å². The van der Waals surface area contributed by atoms with Gasteiger partial charge in [-0.2, -0.15) is 0 Å². The van der Waals surface area contributed by atoms with Gasteiger partial charge in [-0.25, -0.2) is 0 Å². The van der Waals surface area contributed by atoms with E-state index in [1.54, 1.807) is 0 Å². The second-order valence-electron chi connectivity index (χ2n) is 4.44. The van der Waals surface area contributed by atoms with E-state index < -0.39 is 0 Å². The summed E-state index contributed by atoms with van der Waals surface area (Å²) in [6, 6.07) is 0. The number of hydrogen-bond acceptors (Lipinski definition) is 1. The maximum Gasteiger partial charge on any atom is -0.00163 e. The smallest absolute Gasteiger partial charge is 0.00163 e. The minimum Gasteiger partial charge on any atom is -0.303 e. The fourth-order valence-corrected chi connectivity index (χ4v) is 1.45. The van der Waals surface area contributed by atoms with E-state index in [4.69, 9.17) is 0 Å². The first kappa shape index (κ1) is 17.4. The van der Waals surface area contributed by atoms with Crippen LogP contribution in [0.2, 0.25) is 0 Å². The molecule has 1 saturated heterocycles. The highest BCUT2D eigenvalue weighted by molar-refractivity contribution is 4.66. The number of hydrogen-bond donors (Lipinski definition) is 0. The van der Waals surface area contributed by atoms with Crippen LogP contribution in [-0.2, 0) is 0 Å². The fraction of sp³-hybridized carbons (Fsp3) is 1.00. The molecule has 1 heteroatoms. The fourth-order valence-electron chi connectivity index (χ4n) is 1.45. The first-order chi connectivity index (χ1) is 7.20. The first-order valence-electron chi connectivity index (χ1n) is 6.93. The number of rotatable bonds is 3. The van der Waals surface area contributed by atoms with Gasteiger partial charge in [-0.05, 0) is 44.8 Å². The second kappa shape index (κ2) is 14.0. The highest BCUT2D eigenvalue weighted by Gasteiger charge is 2.10. The molecule has 1 rings (SSSR count). The normalized spacial score (nSPS) is 15.4. The minimum atomic E-state index is 0.876. The Morgan fingerprint density at radius 2 is 1.40 bits per heavy atom. The summed E-state index contributed by atoms with van der Waals surface area (Å²) in [6.07, 6.45) is 5.48. The number of nitrogens with zero attached hydrogens (tertiary/aromatic N) is 1. The molecular weight excluding hydrogens is 182 g/mol. The molecule has 0 amide bonds. The lowest BCUT2D eigenvalue weighted by Gasteiger charge is -2.15. The molecule has 0 spiro atoms. The molecule has 0 atom stereocenters. The third kappa shape index (κ3) is 14.0. The maximum atomic E-state index is 2.58. The standard InChI is InChI=1S/C9H19N.C3H8.C2H6/c1-9(2)5-8-10-6-3-4-7-10;1-3-2;1-2/h9H,3-8H2,1-2H3;3H2,1-2H3;1-2H3. The van der Waals surface area contributed by atoms with Crippen LogP contribution in [0.5, 0.6) is 0 Å². The summed E-state index contributed by atoms with van der Waals surface area (Å²) in [4.78, 5) is 2.58. The van der Waals surface area contributed by atoms with Gasteiger partial charge < -0.3 is 4.90 Å². The lowest BCUT2D eigenvalue weighted by molar-refractivity contribution is 0.314. The zero-order valence-electron chi connectivity index (χ0n) is 12.0. The van der Waals surface area contributed by atoms with Crippen molar-refractivity contribution in [2.45, 2.75) is 67.2 Å². The summed E-state index contributed by atoms with van der Waals surface area (Å²) in [5, 5.41) is 0. The number of likely N-dealkylation sites (tertiary alicyclic amines) is 1. The predicted molar refractivity (Wildman–Crippen MR) is 72.4 cm³/mol. The summed E-state index contributed by atoms with van der Waals surface area (Å²) >= 11 is 0. The Balaban J connectivity index is 0. The van der Waals surface area contributed by atoms with Gasteiger partial charge in [-0.1, -0.05) is 48.0 Å². The Kier molecular flexibility index (Phi) is 16.2. The Bertz CT molecular complexity index is 93.5. The van der Waals surface area contributed by atoms with E-state index >= 15 is 0 Å². The molecule has 1 fully saturated rings. The molecule has 0 radical (unpaired) electrons. The van der Waals surface area contributed by atoms with Crippen molar-refractivity contribution >= 4 is 0 Å². The predicted octanol–water partition coefficient (Wildman–Crippen LogP) is 4.57. The highest BCUT2D eigenvalue weighted by atomic mass is 15.1. The average molecular weight is 215 g/mol. The lowest BCUT2D eigenvalue weighted by Crippen LogP contribution is -2.21. The largest absolute Gasteiger partial charge is 0.303 e. The summed E-state index contributed by atoms with van der Waals surface area (Å²) in [5.74, 6) is 0.876. The van der Waals surface area contributed by atoms with E-state index in [0.717, 1.165) is 5.92 Å². The molecule has 15 heavy (non-hydrogen) atoms. The molecule has 0 unspecified atom stereocenters. The van der Waals surface area contributed by atoms with Crippen LogP contribution in [0, 0.1) is 5.92 Å². The van der Waals surface area contributed by atoms with Crippen molar-refractivity contribution in [3.05, 3.63) is 0 Å². The molecule has 0 aromatic heterocycles. The van der Waals surface area contributed by atoms with Crippen molar-refractivity contribution in [2.75, 3.05) is 19.6 Å². The molecule has 1 aliphatic rings. The van der Waals surface area contributed by atoms with E-state index in [-0.39, 0.29) is 0 Å². The van der Waals surface area contributed by atoms with Crippen LogP contribution in [0.1, 0.15) is 67.2 Å². The third-order valence-electron chi connectivity index (χ3n) is 2.22. The van der Waals surface area contributed by atoms with Gasteiger partial charge in [0.2, 0.25) is 0 Å². The molecule has 0 aromatic carbocycles. The van der Waals surface area contributed by atoms with Crippen LogP contribution in [0.4, 0.5) is 0 Å². The highest BCUT2D eigenvalue weighted by Crippen LogP contribution is 2.09. The van der Waals surface area contributed by atoms with Gasteiger partial charge in [0, 0.05) is 0 Å². The van der Waals surface area contributed by atoms with Gasteiger partial charge in [0.25, 0.3) is 0 Å². The first-order valence-corrected chi connectivity index (χ1v) is 6.93. The van der Waals surface area contributed by atoms with Crippen LogP contribution in [0.15, 0.2) is 0 Å². The lowest BCUT2D eigenvalue weighted by atomic mass is 10.1. The zero-order valence-corrected chi connectivity index (χ0v) is 12.0. The van der Waals surface area contributed by atoms with Crippen molar-refractivity contribution in [2.24, 2.45) is 5.92 Å². The molecule has 0 aliphatic carbocycles. The molecule has 1 nitrogen and oxygen atoms in total. The SMILES string of the molecule is CC.CC(C)CCN1CCCC1.CCC. The molecular formula is C14H33N. The van der Waals surface area contributed by atoms with Crippen molar-refractivity contribution in [1.29, 1.82) is 0 Å². The summed E-state index contributed by atoms with van der Waals surface area (Å²) in [7, 11) is 0. The van der Waals surface area contributed by atoms with Gasteiger partial charge in [0.15, 0.2) is 0 Å². The van der Waals surface area contributed by atoms with E-state index in [2.05, 4.69) is 32.6 Å². The van der Waals surface area contributed by atoms with Gasteiger partial charge >= 0.3 is 0 Å². The molecule has 0 saturated carbocycles. The van der Waals surface area contributed by atoms with Gasteiger partial charge in [-0.3, -0.25) is 0 Å². The monoisotopic (exact) mass is 215 g/mol. The molecule has 94 valence electrons. The van der Waals surface area contributed by atoms with E-state index in [1.807, 2.05) is 13.8 Å². The zero-order chi connectivity index (χ0) is 12.1. The Labute approximate surface area is 98.2 Å². The molecule has 1 heterocycles. The molecule has 0 bridgehead atoms. The topological polar surface area (TPSA) is 3.24 Å². The molecule has 0 N–H and O–H groups in total. The minimum absolute atomic E-state index is 0.876. The van der Waals surface area contributed by atoms with Gasteiger partial charge in [0.05, 0.1) is 0 Å². The second-order valence-corrected chi connectivity index (χ2v) is 4.44. The van der Waals surface area contributed by atoms with E-state index in [0.29, 0.717) is 0 Å². The van der Waals surface area contributed by atoms with Crippen molar-refractivity contribution in [1.82, 2.24) is 4.90 Å². The van der Waals surface area contributed by atoms with Crippen LogP contribution in [0.25, 0.3) is 0 Å². The van der Waals surface area contributed by atoms with Crippen molar-refractivity contribution in [3.63, 3.8) is 0 Å². The van der Waals surface area contributed by atoms with E-state index in [9.17, 15) is 0 Å². The average Bonchev–Trinajstić information content (AvgIpc) is 2.71. The third-order valence-corrected chi connectivity index (χ3v) is 2.22. The van der Waals surface area contributed by atoms with Crippen LogP contribution in [0.3, 0.4) is 0 Å². The summed E-state index contributed by atoms with van der Waals surface area (Å²) in [5.41, 5.74) is 0. The van der Waals surface area contributed by atoms with Crippen LogP contribution in [-0.4, -0.2) is 24.5 Å². The Hall–Kier alpha value is -0.0400. The summed E-state index contributed by atoms with van der Waals surface area (Å²) < 4.78 is 0. The van der Waals surface area contributed by atoms with Crippen LogP contribution < -0.4 is 0 Å². The molecule has 1 aliphatic heterocycles. The van der Waals surface area contributed by atoms with Crippen LogP contribution >= 0.6 is 0 Å². The van der Waals surface area contributed by atoms with Gasteiger partial charge in [0.1, 0.15) is 0 Å². The maximum absolute atomic E-state index is 2.58. The van der Waals surface area contributed by atoms with E-state index in [1.165, 1.54) is 45.3 Å².